The van der Waals surface area contributed by atoms with Crippen molar-refractivity contribution in [3.05, 3.63) is 90.3 Å². The fourth-order valence-electron chi connectivity index (χ4n) is 3.73. The molecule has 0 bridgehead atoms. The van der Waals surface area contributed by atoms with Crippen LogP contribution in [0, 0.1) is 17.5 Å². The number of nitrogens with zero attached hydrogens (tertiary/aromatic N) is 3. The molecule has 0 spiro atoms. The van der Waals surface area contributed by atoms with Gasteiger partial charge in [0.1, 0.15) is 17.4 Å². The molecule has 0 atom stereocenters. The third-order valence-corrected chi connectivity index (χ3v) is 7.02. The Hall–Kier alpha value is -4.29. The molecule has 2 N–H and O–H groups in total. The van der Waals surface area contributed by atoms with E-state index in [9.17, 15) is 18.0 Å². The van der Waals surface area contributed by atoms with Crippen molar-refractivity contribution in [2.24, 2.45) is 0 Å². The number of ether oxygens (including phenoxy) is 1. The van der Waals surface area contributed by atoms with Crippen LogP contribution in [0.25, 0.3) is 20.8 Å². The molecule has 0 aliphatic carbocycles. The second kappa shape index (κ2) is 11.2. The summed E-state index contributed by atoms with van der Waals surface area (Å²) in [6, 6.07) is 10.6. The predicted octanol–water partition coefficient (Wildman–Crippen LogP) is 6.45. The summed E-state index contributed by atoms with van der Waals surface area (Å²) in [5.41, 5.74) is 1.81. The number of rotatable bonds is 7. The summed E-state index contributed by atoms with van der Waals surface area (Å²) in [6.45, 7) is 2.84. The van der Waals surface area contributed by atoms with E-state index in [-0.39, 0.29) is 28.5 Å². The Kier molecular flexibility index (Phi) is 7.57. The maximum atomic E-state index is 14.9. The minimum atomic E-state index is -0.834. The Morgan fingerprint density at radius 1 is 1.05 bits per heavy atom. The van der Waals surface area contributed by atoms with Crippen molar-refractivity contribution in [3.8, 4) is 22.1 Å². The smallest absolute Gasteiger partial charge is 0.230 e. The Labute approximate surface area is 230 Å². The summed E-state index contributed by atoms with van der Waals surface area (Å²) in [6.07, 6.45) is 4.95. The quantitative estimate of drug-likeness (QED) is 0.220. The van der Waals surface area contributed by atoms with E-state index in [0.717, 1.165) is 27.9 Å². The largest absolute Gasteiger partial charge is 0.453 e. The summed E-state index contributed by atoms with van der Waals surface area (Å²) in [5.74, 6) is -2.42. The van der Waals surface area contributed by atoms with Crippen LogP contribution >= 0.6 is 23.6 Å². The van der Waals surface area contributed by atoms with Crippen LogP contribution in [-0.2, 0) is 17.8 Å². The number of fused-ring (bicyclic) bond motifs is 1. The lowest BCUT2D eigenvalue weighted by atomic mass is 10.1. The number of halogens is 3. The highest BCUT2D eigenvalue weighted by atomic mass is 32.1. The van der Waals surface area contributed by atoms with Gasteiger partial charge in [0.05, 0.1) is 33.5 Å². The molecule has 3 heterocycles. The number of thiocarbonyl (C=S) groups is 1. The molecule has 0 aliphatic heterocycles. The minimum absolute atomic E-state index is 0.0139. The first-order valence-corrected chi connectivity index (χ1v) is 12.9. The second-order valence-electron chi connectivity index (χ2n) is 8.39. The summed E-state index contributed by atoms with van der Waals surface area (Å²) in [5, 5.41) is 4.99. The predicted molar refractivity (Wildman–Crippen MR) is 147 cm³/mol. The normalized spacial score (nSPS) is 11.0. The highest BCUT2D eigenvalue weighted by Crippen LogP contribution is 2.39. The van der Waals surface area contributed by atoms with Crippen LogP contribution in [-0.4, -0.2) is 25.6 Å². The van der Waals surface area contributed by atoms with Gasteiger partial charge in [-0.05, 0) is 49.0 Å². The molecule has 12 heteroatoms. The molecule has 0 saturated heterocycles. The highest BCUT2D eigenvalue weighted by Gasteiger charge is 2.15. The molecule has 5 aromatic rings. The molecule has 0 saturated carbocycles. The summed E-state index contributed by atoms with van der Waals surface area (Å²) < 4.78 is 50.4. The molecule has 198 valence electrons. The minimum Gasteiger partial charge on any atom is -0.453 e. The number of pyridine rings is 1. The van der Waals surface area contributed by atoms with Gasteiger partial charge in [-0.15, -0.1) is 11.3 Å². The van der Waals surface area contributed by atoms with Gasteiger partial charge in [-0.3, -0.25) is 9.78 Å². The summed E-state index contributed by atoms with van der Waals surface area (Å²) in [4.78, 5) is 21.9. The van der Waals surface area contributed by atoms with E-state index in [1.807, 2.05) is 23.8 Å². The lowest BCUT2D eigenvalue weighted by Crippen LogP contribution is -2.35. The molecule has 1 amide bonds. The van der Waals surface area contributed by atoms with E-state index in [1.165, 1.54) is 35.6 Å². The van der Waals surface area contributed by atoms with Crippen LogP contribution in [0.2, 0.25) is 0 Å². The number of thiophene rings is 1. The summed E-state index contributed by atoms with van der Waals surface area (Å²) in [7, 11) is 0. The van der Waals surface area contributed by atoms with E-state index >= 15 is 0 Å². The van der Waals surface area contributed by atoms with E-state index in [4.69, 9.17) is 17.0 Å². The Morgan fingerprint density at radius 3 is 2.64 bits per heavy atom. The molecule has 7 nitrogen and oxygen atoms in total. The van der Waals surface area contributed by atoms with Crippen molar-refractivity contribution in [2.45, 2.75) is 19.9 Å². The number of carbonyl (C=O) groups excluding carboxylic acids is 1. The number of aryl methyl sites for hydroxylation is 1. The fourth-order valence-corrected chi connectivity index (χ4v) is 4.99. The van der Waals surface area contributed by atoms with Crippen molar-refractivity contribution in [2.75, 3.05) is 5.32 Å². The topological polar surface area (TPSA) is 81.1 Å². The van der Waals surface area contributed by atoms with Crippen LogP contribution in [0.3, 0.4) is 0 Å². The van der Waals surface area contributed by atoms with Gasteiger partial charge >= 0.3 is 0 Å². The molecule has 0 fully saturated rings. The molecule has 0 unspecified atom stereocenters. The standard InChI is InChI=1S/C27H20F3N5O2S2/c1-2-35-13-21(32-14-35)24-12-20-26(39-24)23(7-8-31-20)37-22-6-5-17(11-19(22)30)33-27(38)34-25(36)9-15-3-4-16(28)10-18(15)29/h3-8,10-14H,2,9H2,1H3,(H2,33,34,36,38). The number of aromatic nitrogens is 3. The van der Waals surface area contributed by atoms with E-state index in [2.05, 4.69) is 20.6 Å². The number of benzene rings is 2. The molecule has 5 rings (SSSR count). The molecule has 39 heavy (non-hydrogen) atoms. The monoisotopic (exact) mass is 567 g/mol. The average Bonchev–Trinajstić information content (AvgIpc) is 3.55. The first-order chi connectivity index (χ1) is 18.8. The van der Waals surface area contributed by atoms with Crippen molar-refractivity contribution < 1.29 is 22.7 Å². The maximum Gasteiger partial charge on any atom is 0.230 e. The number of amides is 1. The molecule has 0 aliphatic rings. The van der Waals surface area contributed by atoms with Crippen molar-refractivity contribution >= 4 is 50.5 Å². The lowest BCUT2D eigenvalue weighted by Gasteiger charge is -2.12. The maximum absolute atomic E-state index is 14.9. The SMILES string of the molecule is CCn1cnc(-c2cc3nccc(Oc4ccc(NC(=S)NC(=O)Cc5ccc(F)cc5F)cc4F)c3s2)c1. The zero-order valence-electron chi connectivity index (χ0n) is 20.4. The van der Waals surface area contributed by atoms with Gasteiger partial charge in [0.25, 0.3) is 0 Å². The number of carbonyl (C=O) groups is 1. The Bertz CT molecular complexity index is 1700. The van der Waals surface area contributed by atoms with Gasteiger partial charge in [0, 0.05) is 42.8 Å². The van der Waals surface area contributed by atoms with Crippen LogP contribution in [0.15, 0.2) is 67.3 Å². The van der Waals surface area contributed by atoms with Crippen LogP contribution < -0.4 is 15.4 Å². The molecule has 3 aromatic heterocycles. The van der Waals surface area contributed by atoms with E-state index < -0.39 is 23.4 Å². The van der Waals surface area contributed by atoms with Gasteiger partial charge in [0.2, 0.25) is 5.91 Å². The first-order valence-electron chi connectivity index (χ1n) is 11.7. The average molecular weight is 568 g/mol. The Morgan fingerprint density at radius 2 is 1.90 bits per heavy atom. The molecule has 0 radical (unpaired) electrons. The van der Waals surface area contributed by atoms with Crippen molar-refractivity contribution in [1.82, 2.24) is 19.9 Å². The number of anilines is 1. The highest BCUT2D eigenvalue weighted by molar-refractivity contribution is 7.80. The number of hydrogen-bond acceptors (Lipinski definition) is 6. The number of hydrogen-bond donors (Lipinski definition) is 2. The first kappa shape index (κ1) is 26.3. The van der Waals surface area contributed by atoms with Crippen molar-refractivity contribution in [3.63, 3.8) is 0 Å². The zero-order valence-corrected chi connectivity index (χ0v) is 22.0. The van der Waals surface area contributed by atoms with Crippen LogP contribution in [0.1, 0.15) is 12.5 Å². The molecule has 2 aromatic carbocycles. The lowest BCUT2D eigenvalue weighted by molar-refractivity contribution is -0.119. The number of imidazole rings is 1. The third kappa shape index (κ3) is 6.07. The Balaban J connectivity index is 1.25. The fraction of sp³-hybridized carbons (Fsp3) is 0.111. The van der Waals surface area contributed by atoms with Crippen LogP contribution in [0.4, 0.5) is 18.9 Å². The zero-order chi connectivity index (χ0) is 27.5. The van der Waals surface area contributed by atoms with Gasteiger partial charge < -0.3 is 19.9 Å². The summed E-state index contributed by atoms with van der Waals surface area (Å²) >= 11 is 6.55. The van der Waals surface area contributed by atoms with E-state index in [1.54, 1.807) is 18.6 Å². The van der Waals surface area contributed by atoms with E-state index in [0.29, 0.717) is 17.3 Å². The van der Waals surface area contributed by atoms with Gasteiger partial charge in [0.15, 0.2) is 16.7 Å². The van der Waals surface area contributed by atoms with Crippen molar-refractivity contribution in [1.29, 1.82) is 0 Å². The number of nitrogens with one attached hydrogen (secondary N) is 2. The van der Waals surface area contributed by atoms with Gasteiger partial charge in [-0.2, -0.15) is 0 Å². The third-order valence-electron chi connectivity index (χ3n) is 5.66. The van der Waals surface area contributed by atoms with Crippen LogP contribution in [0.5, 0.6) is 11.5 Å². The van der Waals surface area contributed by atoms with Gasteiger partial charge in [-0.1, -0.05) is 6.07 Å². The second-order valence-corrected chi connectivity index (χ2v) is 9.85. The van der Waals surface area contributed by atoms with Gasteiger partial charge in [-0.25, -0.2) is 18.2 Å². The molecular weight excluding hydrogens is 547 g/mol. The molecular formula is C27H20F3N5O2S2.